The van der Waals surface area contributed by atoms with Gasteiger partial charge in [0.1, 0.15) is 6.04 Å². The summed E-state index contributed by atoms with van der Waals surface area (Å²) < 4.78 is 10.7. The number of hydrogen-bond acceptors (Lipinski definition) is 6. The second-order valence-corrected chi connectivity index (χ2v) is 10.8. The van der Waals surface area contributed by atoms with Crippen LogP contribution in [0.4, 0.5) is 5.69 Å². The number of hydrogen-bond donors (Lipinski definition) is 0. The number of ether oxygens (including phenoxy) is 2. The van der Waals surface area contributed by atoms with Crippen LogP contribution in [0, 0.1) is 28.1 Å². The van der Waals surface area contributed by atoms with Crippen LogP contribution in [-0.2, 0) is 20.8 Å². The predicted octanol–water partition coefficient (Wildman–Crippen LogP) is 3.96. The van der Waals surface area contributed by atoms with Crippen molar-refractivity contribution in [3.63, 3.8) is 0 Å². The number of carbonyl (C=O) groups is 3. The number of carbonyl (C=O) groups excluding carboxylic acids is 3. The summed E-state index contributed by atoms with van der Waals surface area (Å²) in [5.74, 6) is 0.0434. The van der Waals surface area contributed by atoms with Gasteiger partial charge in [-0.1, -0.05) is 33.8 Å². The Balaban J connectivity index is 1.62. The van der Waals surface area contributed by atoms with E-state index in [-0.39, 0.29) is 41.5 Å². The van der Waals surface area contributed by atoms with Gasteiger partial charge in [-0.05, 0) is 59.2 Å². The Morgan fingerprint density at radius 1 is 1.03 bits per heavy atom. The topological polar surface area (TPSA) is 99.9 Å². The molecule has 8 heteroatoms. The number of nitriles is 1. The zero-order valence-corrected chi connectivity index (χ0v) is 22.2. The van der Waals surface area contributed by atoms with Crippen LogP contribution >= 0.6 is 0 Å². The van der Waals surface area contributed by atoms with Crippen molar-refractivity contribution < 1.29 is 23.9 Å². The molecule has 1 heterocycles. The highest BCUT2D eigenvalue weighted by molar-refractivity contribution is 6.23. The Morgan fingerprint density at radius 3 is 2.19 bits per heavy atom. The number of methoxy groups -OCH3 is 2. The molecule has 0 bridgehead atoms. The average molecular weight is 504 g/mol. The molecular weight excluding hydrogens is 470 g/mol. The number of nitrogens with zero attached hydrogens (tertiary/aromatic N) is 3. The molecule has 0 N–H and O–H groups in total. The number of rotatable bonds is 8. The monoisotopic (exact) mass is 503 g/mol. The van der Waals surface area contributed by atoms with Crippen LogP contribution in [0.3, 0.4) is 0 Å². The minimum Gasteiger partial charge on any atom is -0.493 e. The standard InChI is InChI=1S/C29H33N3O5/c1-28(2)25(29(28,3)4)27(35)31(14-13-18-9-12-22(36-5)23(15-18)37-6)21-16-24(33)32(26(21)34)20-10-7-19(17-30)8-11-20/h7-12,15,21,25H,13-14,16H2,1-6H3. The maximum atomic E-state index is 13.9. The molecule has 2 aromatic carbocycles. The van der Waals surface area contributed by atoms with E-state index < -0.39 is 11.9 Å². The van der Waals surface area contributed by atoms with E-state index >= 15 is 0 Å². The third-order valence-corrected chi connectivity index (χ3v) is 8.39. The molecular formula is C29H33N3O5. The van der Waals surface area contributed by atoms with Crippen molar-refractivity contribution in [3.05, 3.63) is 53.6 Å². The normalized spacial score (nSPS) is 19.9. The van der Waals surface area contributed by atoms with Crippen molar-refractivity contribution in [1.82, 2.24) is 4.90 Å². The first kappa shape index (κ1) is 26.2. The molecule has 0 aromatic heterocycles. The van der Waals surface area contributed by atoms with Crippen molar-refractivity contribution in [2.45, 2.75) is 46.6 Å². The summed E-state index contributed by atoms with van der Waals surface area (Å²) in [5, 5.41) is 9.07. The third kappa shape index (κ3) is 4.43. The maximum Gasteiger partial charge on any atom is 0.257 e. The Labute approximate surface area is 217 Å². The molecule has 2 fully saturated rings. The first-order valence-electron chi connectivity index (χ1n) is 12.4. The van der Waals surface area contributed by atoms with Gasteiger partial charge in [-0.3, -0.25) is 14.4 Å². The first-order valence-corrected chi connectivity index (χ1v) is 12.4. The fourth-order valence-corrected chi connectivity index (χ4v) is 5.50. The summed E-state index contributed by atoms with van der Waals surface area (Å²) in [7, 11) is 3.13. The van der Waals surface area contributed by atoms with Crippen molar-refractivity contribution in [1.29, 1.82) is 5.26 Å². The highest BCUT2D eigenvalue weighted by atomic mass is 16.5. The van der Waals surface area contributed by atoms with Crippen LogP contribution in [0.1, 0.15) is 45.2 Å². The molecule has 3 amide bonds. The average Bonchev–Trinajstić information content (AvgIpc) is 3.11. The molecule has 8 nitrogen and oxygen atoms in total. The van der Waals surface area contributed by atoms with E-state index in [9.17, 15) is 14.4 Å². The van der Waals surface area contributed by atoms with Gasteiger partial charge in [0.25, 0.3) is 5.91 Å². The van der Waals surface area contributed by atoms with Crippen molar-refractivity contribution >= 4 is 23.4 Å². The molecule has 1 aliphatic carbocycles. The zero-order valence-electron chi connectivity index (χ0n) is 22.2. The van der Waals surface area contributed by atoms with Crippen LogP contribution in [0.5, 0.6) is 11.5 Å². The minimum atomic E-state index is -0.886. The molecule has 4 rings (SSSR count). The highest BCUT2D eigenvalue weighted by Crippen LogP contribution is 2.69. The van der Waals surface area contributed by atoms with Crippen LogP contribution in [0.2, 0.25) is 0 Å². The Morgan fingerprint density at radius 2 is 1.65 bits per heavy atom. The predicted molar refractivity (Wildman–Crippen MR) is 138 cm³/mol. The summed E-state index contributed by atoms with van der Waals surface area (Å²) in [6.45, 7) is 8.53. The van der Waals surface area contributed by atoms with E-state index in [1.54, 1.807) is 43.4 Å². The minimum absolute atomic E-state index is 0.0793. The summed E-state index contributed by atoms with van der Waals surface area (Å²) in [5.41, 5.74) is 1.32. The van der Waals surface area contributed by atoms with E-state index in [4.69, 9.17) is 14.7 Å². The lowest BCUT2D eigenvalue weighted by molar-refractivity contribution is -0.140. The summed E-state index contributed by atoms with van der Waals surface area (Å²) in [6.07, 6.45) is 0.401. The zero-order chi connectivity index (χ0) is 27.1. The van der Waals surface area contributed by atoms with E-state index in [0.29, 0.717) is 29.2 Å². The van der Waals surface area contributed by atoms with Gasteiger partial charge < -0.3 is 14.4 Å². The second kappa shape index (κ2) is 9.55. The Hall–Kier alpha value is -3.86. The molecule has 37 heavy (non-hydrogen) atoms. The largest absolute Gasteiger partial charge is 0.493 e. The van der Waals surface area contributed by atoms with Crippen molar-refractivity contribution in [3.8, 4) is 17.6 Å². The number of amides is 3. The molecule has 0 spiro atoms. The van der Waals surface area contributed by atoms with Gasteiger partial charge in [0.2, 0.25) is 11.8 Å². The summed E-state index contributed by atoms with van der Waals surface area (Å²) in [6, 6.07) is 13.0. The number of benzene rings is 2. The fraction of sp³-hybridized carbons (Fsp3) is 0.448. The molecule has 1 saturated carbocycles. The smallest absolute Gasteiger partial charge is 0.257 e. The van der Waals surface area contributed by atoms with Gasteiger partial charge >= 0.3 is 0 Å². The molecule has 194 valence electrons. The lowest BCUT2D eigenvalue weighted by Gasteiger charge is -2.29. The quantitative estimate of drug-likeness (QED) is 0.506. The lowest BCUT2D eigenvalue weighted by Crippen LogP contribution is -2.47. The second-order valence-electron chi connectivity index (χ2n) is 10.8. The van der Waals surface area contributed by atoms with E-state index in [2.05, 4.69) is 27.7 Å². The third-order valence-electron chi connectivity index (χ3n) is 8.39. The Bertz CT molecular complexity index is 1260. The van der Waals surface area contributed by atoms with Crippen molar-refractivity contribution in [2.24, 2.45) is 16.7 Å². The van der Waals surface area contributed by atoms with Crippen molar-refractivity contribution in [2.75, 3.05) is 25.7 Å². The van der Waals surface area contributed by atoms with Gasteiger partial charge in [-0.2, -0.15) is 5.26 Å². The SMILES string of the molecule is COc1ccc(CCN(C(=O)C2C(C)(C)C2(C)C)C2CC(=O)N(c3ccc(C#N)cc3)C2=O)cc1OC. The van der Waals surface area contributed by atoms with Gasteiger partial charge in [0, 0.05) is 12.5 Å². The van der Waals surface area contributed by atoms with E-state index in [1.165, 1.54) is 0 Å². The number of imide groups is 1. The maximum absolute atomic E-state index is 13.9. The molecule has 1 atom stereocenters. The Kier molecular flexibility index (Phi) is 6.76. The fourth-order valence-electron chi connectivity index (χ4n) is 5.50. The van der Waals surface area contributed by atoms with Crippen LogP contribution < -0.4 is 14.4 Å². The highest BCUT2D eigenvalue weighted by Gasteiger charge is 2.69. The van der Waals surface area contributed by atoms with Crippen LogP contribution in [0.25, 0.3) is 0 Å². The van der Waals surface area contributed by atoms with Gasteiger partial charge in [0.05, 0.1) is 38.0 Å². The lowest BCUT2D eigenvalue weighted by atomic mass is 10.0. The summed E-state index contributed by atoms with van der Waals surface area (Å²) in [4.78, 5) is 43.2. The van der Waals surface area contributed by atoms with E-state index in [0.717, 1.165) is 10.5 Å². The molecule has 1 unspecified atom stereocenters. The van der Waals surface area contributed by atoms with Gasteiger partial charge in [0.15, 0.2) is 11.5 Å². The van der Waals surface area contributed by atoms with Gasteiger partial charge in [-0.25, -0.2) is 4.90 Å². The summed E-state index contributed by atoms with van der Waals surface area (Å²) >= 11 is 0. The molecule has 2 aromatic rings. The molecule has 1 aliphatic heterocycles. The molecule has 1 saturated heterocycles. The number of anilines is 1. The van der Waals surface area contributed by atoms with Crippen LogP contribution in [-0.4, -0.2) is 49.4 Å². The molecule has 2 aliphatic rings. The molecule has 0 radical (unpaired) electrons. The van der Waals surface area contributed by atoms with E-state index in [1.807, 2.05) is 24.3 Å². The van der Waals surface area contributed by atoms with Crippen LogP contribution in [0.15, 0.2) is 42.5 Å². The first-order chi connectivity index (χ1) is 17.5. The van der Waals surface area contributed by atoms with Gasteiger partial charge in [-0.15, -0.1) is 0 Å².